The lowest BCUT2D eigenvalue weighted by Crippen LogP contribution is -2.37. The van der Waals surface area contributed by atoms with Gasteiger partial charge in [0.1, 0.15) is 6.10 Å². The molecule has 1 aliphatic rings. The Balaban J connectivity index is 2.30. The Kier molecular flexibility index (Phi) is 3.17. The molecule has 1 unspecified atom stereocenters. The summed E-state index contributed by atoms with van der Waals surface area (Å²) in [7, 11) is 1.54. The molecule has 3 nitrogen and oxygen atoms in total. The number of hydrogen-bond acceptors (Lipinski definition) is 2. The highest BCUT2D eigenvalue weighted by atomic mass is 35.5. The average molecular weight is 240 g/mol. The molecule has 0 aromatic heterocycles. The number of hydrogen-bond donors (Lipinski definition) is 0. The second-order valence-electron chi connectivity index (χ2n) is 3.86. The molecular formula is C12H14ClNO2. The van der Waals surface area contributed by atoms with Crippen LogP contribution >= 0.6 is 11.6 Å². The van der Waals surface area contributed by atoms with Crippen LogP contribution < -0.4 is 4.90 Å². The molecule has 0 fully saturated rings. The molecule has 16 heavy (non-hydrogen) atoms. The van der Waals surface area contributed by atoms with Gasteiger partial charge in [-0.3, -0.25) is 4.79 Å². The monoisotopic (exact) mass is 239 g/mol. The lowest BCUT2D eigenvalue weighted by atomic mass is 10.2. The van der Waals surface area contributed by atoms with E-state index in [1.54, 1.807) is 11.8 Å². The van der Waals surface area contributed by atoms with Crippen LogP contribution in [0.1, 0.15) is 12.5 Å². The van der Waals surface area contributed by atoms with Crippen LogP contribution in [0.5, 0.6) is 0 Å². The molecule has 0 aliphatic carbocycles. The number of rotatable bonds is 2. The van der Waals surface area contributed by atoms with E-state index < -0.39 is 6.10 Å². The molecule has 1 aliphatic heterocycles. The molecule has 1 aromatic rings. The second kappa shape index (κ2) is 4.44. The van der Waals surface area contributed by atoms with Crippen molar-refractivity contribution >= 4 is 23.2 Å². The summed E-state index contributed by atoms with van der Waals surface area (Å²) in [6.07, 6.45) is 0.405. The zero-order chi connectivity index (χ0) is 11.7. The van der Waals surface area contributed by atoms with E-state index in [0.717, 1.165) is 22.7 Å². The molecule has 1 atom stereocenters. The topological polar surface area (TPSA) is 29.5 Å². The molecule has 1 amide bonds. The first kappa shape index (κ1) is 11.4. The van der Waals surface area contributed by atoms with E-state index in [-0.39, 0.29) is 5.91 Å². The third kappa shape index (κ3) is 1.81. The fourth-order valence-electron chi connectivity index (χ4n) is 1.94. The van der Waals surface area contributed by atoms with Crippen molar-refractivity contribution in [2.75, 3.05) is 18.6 Å². The van der Waals surface area contributed by atoms with E-state index >= 15 is 0 Å². The number of carbonyl (C=O) groups excluding carboxylic acids is 1. The van der Waals surface area contributed by atoms with Gasteiger partial charge in [-0.15, -0.1) is 0 Å². The predicted molar refractivity (Wildman–Crippen MR) is 64.0 cm³/mol. The van der Waals surface area contributed by atoms with Crippen molar-refractivity contribution in [3.8, 4) is 0 Å². The van der Waals surface area contributed by atoms with Crippen LogP contribution in [0.2, 0.25) is 5.02 Å². The summed E-state index contributed by atoms with van der Waals surface area (Å²) in [6.45, 7) is 2.44. The number of ether oxygens (including phenoxy) is 1. The number of methoxy groups -OCH3 is 1. The Hall–Kier alpha value is -1.06. The van der Waals surface area contributed by atoms with Gasteiger partial charge in [0.25, 0.3) is 5.91 Å². The molecule has 1 aromatic carbocycles. The minimum atomic E-state index is -0.412. The highest BCUT2D eigenvalue weighted by Crippen LogP contribution is 2.33. The molecule has 0 saturated carbocycles. The average Bonchev–Trinajstić information content (AvgIpc) is 2.72. The van der Waals surface area contributed by atoms with Gasteiger partial charge in [-0.1, -0.05) is 17.7 Å². The molecule has 4 heteroatoms. The molecule has 0 spiro atoms. The van der Waals surface area contributed by atoms with Gasteiger partial charge in [-0.2, -0.15) is 0 Å². The summed E-state index contributed by atoms with van der Waals surface area (Å²) in [5.41, 5.74) is 1.97. The maximum absolute atomic E-state index is 12.0. The molecule has 2 rings (SSSR count). The van der Waals surface area contributed by atoms with Gasteiger partial charge in [0, 0.05) is 24.4 Å². The molecule has 86 valence electrons. The normalized spacial score (nSPS) is 16.1. The highest BCUT2D eigenvalue weighted by molar-refractivity contribution is 6.32. The Labute approximate surface area is 100.0 Å². The zero-order valence-electron chi connectivity index (χ0n) is 9.37. The molecule has 0 saturated heterocycles. The molecule has 0 radical (unpaired) electrons. The van der Waals surface area contributed by atoms with Gasteiger partial charge >= 0.3 is 0 Å². The SMILES string of the molecule is COC(C)C(=O)N1CCc2c(Cl)cccc21. The number of carbonyl (C=O) groups is 1. The summed E-state index contributed by atoms with van der Waals surface area (Å²) in [6, 6.07) is 5.65. The first-order valence-electron chi connectivity index (χ1n) is 5.26. The minimum Gasteiger partial charge on any atom is -0.372 e. The largest absolute Gasteiger partial charge is 0.372 e. The fourth-order valence-corrected chi connectivity index (χ4v) is 2.20. The number of benzene rings is 1. The van der Waals surface area contributed by atoms with E-state index in [4.69, 9.17) is 16.3 Å². The standard InChI is InChI=1S/C12H14ClNO2/c1-8(16-2)12(15)14-7-6-9-10(13)4-3-5-11(9)14/h3-5,8H,6-7H2,1-2H3. The van der Waals surface area contributed by atoms with Crippen LogP contribution in [0, 0.1) is 0 Å². The maximum atomic E-state index is 12.0. The van der Waals surface area contributed by atoms with Crippen molar-refractivity contribution in [3.63, 3.8) is 0 Å². The quantitative estimate of drug-likeness (QED) is 0.792. The van der Waals surface area contributed by atoms with Crippen molar-refractivity contribution in [1.29, 1.82) is 0 Å². The summed E-state index contributed by atoms with van der Waals surface area (Å²) in [5, 5.41) is 0.734. The van der Waals surface area contributed by atoms with E-state index in [2.05, 4.69) is 0 Å². The van der Waals surface area contributed by atoms with Crippen molar-refractivity contribution < 1.29 is 9.53 Å². The van der Waals surface area contributed by atoms with E-state index in [0.29, 0.717) is 6.54 Å². The summed E-state index contributed by atoms with van der Waals surface area (Å²) < 4.78 is 5.05. The summed E-state index contributed by atoms with van der Waals surface area (Å²) >= 11 is 6.08. The van der Waals surface area contributed by atoms with Gasteiger partial charge in [-0.25, -0.2) is 0 Å². The number of fused-ring (bicyclic) bond motifs is 1. The number of nitrogens with zero attached hydrogens (tertiary/aromatic N) is 1. The predicted octanol–water partition coefficient (Wildman–Crippen LogP) is 2.26. The molecule has 0 bridgehead atoms. The van der Waals surface area contributed by atoms with Crippen molar-refractivity contribution in [2.45, 2.75) is 19.4 Å². The van der Waals surface area contributed by atoms with Gasteiger partial charge in [0.15, 0.2) is 0 Å². The van der Waals surface area contributed by atoms with E-state index in [9.17, 15) is 4.79 Å². The van der Waals surface area contributed by atoms with E-state index in [1.807, 2.05) is 18.2 Å². The van der Waals surface area contributed by atoms with Crippen molar-refractivity contribution in [3.05, 3.63) is 28.8 Å². The number of halogens is 1. The zero-order valence-corrected chi connectivity index (χ0v) is 10.1. The summed E-state index contributed by atoms with van der Waals surface area (Å²) in [4.78, 5) is 13.8. The first-order valence-corrected chi connectivity index (χ1v) is 5.64. The van der Waals surface area contributed by atoms with Crippen LogP contribution in [0.3, 0.4) is 0 Å². The maximum Gasteiger partial charge on any atom is 0.255 e. The minimum absolute atomic E-state index is 0.0106. The van der Waals surface area contributed by atoms with Crippen LogP contribution in [0.4, 0.5) is 5.69 Å². The number of anilines is 1. The van der Waals surface area contributed by atoms with Crippen molar-refractivity contribution in [1.82, 2.24) is 0 Å². The van der Waals surface area contributed by atoms with Gasteiger partial charge in [0.2, 0.25) is 0 Å². The molecular weight excluding hydrogens is 226 g/mol. The van der Waals surface area contributed by atoms with Gasteiger partial charge in [0.05, 0.1) is 0 Å². The Bertz CT molecular complexity index is 419. The molecule has 0 N–H and O–H groups in total. The highest BCUT2D eigenvalue weighted by Gasteiger charge is 2.28. The summed E-state index contributed by atoms with van der Waals surface area (Å²) in [5.74, 6) is -0.0106. The third-order valence-corrected chi connectivity index (χ3v) is 3.29. The Morgan fingerprint density at radius 2 is 2.31 bits per heavy atom. The smallest absolute Gasteiger partial charge is 0.255 e. The lowest BCUT2D eigenvalue weighted by molar-refractivity contribution is -0.127. The number of amides is 1. The van der Waals surface area contributed by atoms with E-state index in [1.165, 1.54) is 7.11 Å². The molecule has 1 heterocycles. The van der Waals surface area contributed by atoms with Crippen LogP contribution in [0.15, 0.2) is 18.2 Å². The fraction of sp³-hybridized carbons (Fsp3) is 0.417. The second-order valence-corrected chi connectivity index (χ2v) is 4.26. The van der Waals surface area contributed by atoms with Crippen molar-refractivity contribution in [2.24, 2.45) is 0 Å². The Morgan fingerprint density at radius 3 is 3.00 bits per heavy atom. The van der Waals surface area contributed by atoms with Gasteiger partial charge < -0.3 is 9.64 Å². The lowest BCUT2D eigenvalue weighted by Gasteiger charge is -2.20. The third-order valence-electron chi connectivity index (χ3n) is 2.94. The van der Waals surface area contributed by atoms with Crippen LogP contribution in [-0.2, 0) is 16.0 Å². The Morgan fingerprint density at radius 1 is 1.56 bits per heavy atom. The first-order chi connectivity index (χ1) is 7.65. The van der Waals surface area contributed by atoms with Crippen LogP contribution in [-0.4, -0.2) is 25.7 Å². The van der Waals surface area contributed by atoms with Crippen LogP contribution in [0.25, 0.3) is 0 Å². The van der Waals surface area contributed by atoms with Gasteiger partial charge in [-0.05, 0) is 31.0 Å².